The molecule has 0 aliphatic rings. The molecule has 6 aromatic carbocycles. The molecule has 0 radical (unpaired) electrons. The van der Waals surface area contributed by atoms with Gasteiger partial charge in [-0.2, -0.15) is 57.4 Å². The molecule has 0 atom stereocenters. The van der Waals surface area contributed by atoms with E-state index >= 15 is 0 Å². The number of hydrogen-bond acceptors (Lipinski definition) is 16. The fourth-order valence-corrected chi connectivity index (χ4v) is 8.63. The Morgan fingerprint density at radius 1 is 0.400 bits per heavy atom. The molecule has 0 saturated heterocycles. The minimum atomic E-state index is -5.07. The van der Waals surface area contributed by atoms with Crippen molar-refractivity contribution in [2.75, 3.05) is 0 Å². The number of rotatable bonds is 11. The molecule has 26 heteroatoms. The van der Waals surface area contributed by atoms with Crippen LogP contribution in [0.15, 0.2) is 136 Å². The zero-order valence-corrected chi connectivity index (χ0v) is 33.4. The van der Waals surface area contributed by atoms with Crippen LogP contribution >= 0.6 is 0 Å². The molecule has 21 nitrogen and oxygen atoms in total. The number of fused-ring (bicyclic) bond motifs is 2. The third kappa shape index (κ3) is 9.69. The molecule has 0 saturated carbocycles. The maximum atomic E-state index is 12.4. The van der Waals surface area contributed by atoms with Crippen LogP contribution in [0.4, 0.5) is 22.7 Å². The van der Waals surface area contributed by atoms with E-state index < -0.39 is 92.3 Å². The molecule has 0 fully saturated rings. The first-order chi connectivity index (χ1) is 27.7. The highest BCUT2D eigenvalue weighted by Gasteiger charge is 2.21. The normalized spacial score (nSPS) is 13.3. The van der Waals surface area contributed by atoms with Gasteiger partial charge in [-0.25, -0.2) is 0 Å². The van der Waals surface area contributed by atoms with Crippen LogP contribution in [0.2, 0.25) is 0 Å². The highest BCUT2D eigenvalue weighted by Crippen LogP contribution is 2.39. The van der Waals surface area contributed by atoms with Crippen LogP contribution in [0.1, 0.15) is 11.1 Å². The van der Waals surface area contributed by atoms with Crippen molar-refractivity contribution in [2.45, 2.75) is 24.5 Å². The van der Waals surface area contributed by atoms with Crippen molar-refractivity contribution in [1.29, 1.82) is 0 Å². The Kier molecular flexibility index (Phi) is 11.2. The third-order valence-corrected chi connectivity index (χ3v) is 12.6. The highest BCUT2D eigenvalue weighted by molar-refractivity contribution is 7.87. The van der Waals surface area contributed by atoms with Gasteiger partial charge in [-0.05, 0) is 88.6 Å². The van der Waals surface area contributed by atoms with Crippen molar-refractivity contribution in [2.24, 2.45) is 20.5 Å². The molecule has 0 spiro atoms. The van der Waals surface area contributed by atoms with E-state index in [-0.39, 0.29) is 49.7 Å². The maximum Gasteiger partial charge on any atom is 0.295 e. The summed E-state index contributed by atoms with van der Waals surface area (Å²) in [4.78, 5) is -3.78. The molecule has 6 rings (SSSR count). The molecule has 312 valence electrons. The van der Waals surface area contributed by atoms with Gasteiger partial charge in [0.1, 0.15) is 21.3 Å². The van der Waals surface area contributed by atoms with Crippen molar-refractivity contribution in [1.82, 2.24) is 0 Å². The van der Waals surface area contributed by atoms with E-state index in [2.05, 4.69) is 20.5 Å². The van der Waals surface area contributed by atoms with Crippen LogP contribution in [0.3, 0.4) is 0 Å². The van der Waals surface area contributed by atoms with Crippen molar-refractivity contribution < 1.29 is 75.1 Å². The monoisotopic (exact) mass is 920 g/mol. The van der Waals surface area contributed by atoms with Gasteiger partial charge in [-0.15, -0.1) is 5.11 Å². The summed E-state index contributed by atoms with van der Waals surface area (Å²) in [5.41, 5.74) is -1.28. The lowest BCUT2D eigenvalue weighted by Gasteiger charge is -2.09. The van der Waals surface area contributed by atoms with Gasteiger partial charge in [0.2, 0.25) is 0 Å². The van der Waals surface area contributed by atoms with Crippen LogP contribution in [-0.4, -0.2) is 75.1 Å². The number of benzene rings is 6. The number of phenolic OH excluding ortho intramolecular Hbond substituents is 2. The van der Waals surface area contributed by atoms with E-state index in [1.54, 1.807) is 0 Å². The smallest absolute Gasteiger partial charge is 0.295 e. The van der Waals surface area contributed by atoms with Crippen LogP contribution in [0, 0.1) is 0 Å². The van der Waals surface area contributed by atoms with Crippen LogP contribution in [-0.2, 0) is 50.6 Å². The molecule has 0 bridgehead atoms. The Morgan fingerprint density at radius 2 is 0.800 bits per heavy atom. The summed E-state index contributed by atoms with van der Waals surface area (Å²) in [5, 5.41) is 36.0. The predicted octanol–water partition coefficient (Wildman–Crippen LogP) is 6.64. The van der Waals surface area contributed by atoms with Gasteiger partial charge in [0.25, 0.3) is 50.6 Å². The second-order valence-corrected chi connectivity index (χ2v) is 19.4. The summed E-state index contributed by atoms with van der Waals surface area (Å²) in [7, 11) is -24.6. The van der Waals surface area contributed by atoms with E-state index in [0.29, 0.717) is 6.07 Å². The molecular formula is C34H24N4O17S5. The summed E-state index contributed by atoms with van der Waals surface area (Å²) >= 11 is 0. The average Bonchev–Trinajstić information content (AvgIpc) is 3.13. The van der Waals surface area contributed by atoms with E-state index in [9.17, 15) is 75.1 Å². The lowest BCUT2D eigenvalue weighted by Crippen LogP contribution is -2.01. The first-order valence-corrected chi connectivity index (χ1v) is 23.1. The predicted molar refractivity (Wildman–Crippen MR) is 210 cm³/mol. The van der Waals surface area contributed by atoms with Crippen LogP contribution < -0.4 is 0 Å². The summed E-state index contributed by atoms with van der Waals surface area (Å²) in [6, 6.07) is 15.3. The molecule has 0 unspecified atom stereocenters. The Balaban J connectivity index is 1.34. The van der Waals surface area contributed by atoms with Gasteiger partial charge >= 0.3 is 0 Å². The fourth-order valence-electron chi connectivity index (χ4n) is 5.61. The minimum Gasteiger partial charge on any atom is -0.507 e. The Hall–Kier alpha value is -6.07. The number of phenols is 2. The zero-order chi connectivity index (χ0) is 44.2. The quantitative estimate of drug-likeness (QED) is 0.0406. The number of aromatic hydroxyl groups is 2. The summed E-state index contributed by atoms with van der Waals surface area (Å²) in [6.07, 6.45) is 2.11. The van der Waals surface area contributed by atoms with E-state index in [0.717, 1.165) is 66.7 Å². The third-order valence-electron chi connectivity index (χ3n) is 8.28. The molecule has 0 aliphatic heterocycles. The SMILES string of the molecule is O=S(=O)(O)c1cc(O)c2ccc(N=Nc3ccc(/C=C/c4ccc(N=Nc5cc(S(=O)(=O)O)cc6cc(S(=O)(=O)O)cc(O)c56)cc4S(=O)(=O)O)c(S(=O)(=O)O)c3)cc2c1. The van der Waals surface area contributed by atoms with Gasteiger partial charge in [-0.1, -0.05) is 24.3 Å². The zero-order valence-electron chi connectivity index (χ0n) is 29.4. The van der Waals surface area contributed by atoms with Crippen LogP contribution in [0.5, 0.6) is 11.5 Å². The van der Waals surface area contributed by atoms with E-state index in [1.165, 1.54) is 30.3 Å². The van der Waals surface area contributed by atoms with Crippen LogP contribution in [0.25, 0.3) is 33.7 Å². The van der Waals surface area contributed by atoms with Crippen molar-refractivity contribution in [3.8, 4) is 11.5 Å². The van der Waals surface area contributed by atoms with E-state index in [4.69, 9.17) is 0 Å². The number of nitrogens with zero attached hydrogens (tertiary/aromatic N) is 4. The van der Waals surface area contributed by atoms with Crippen molar-refractivity contribution in [3.05, 3.63) is 102 Å². The van der Waals surface area contributed by atoms with Gasteiger partial charge in [0, 0.05) is 17.5 Å². The van der Waals surface area contributed by atoms with Crippen molar-refractivity contribution >= 4 is 107 Å². The molecule has 60 heavy (non-hydrogen) atoms. The standard InChI is InChI=1S/C34H24N4O17S5/c39-30-16-26(57(44,45)46)10-20-9-22(7-8-28(20)30)35-36-23-5-3-18(32(13-23)59(50,51)52)1-2-19-4-6-24(14-33(19)60(53,54)55)37-38-29-15-25(56(41,42)43)11-21-12-27(58(47,48)49)17-31(40)34(21)29/h1-17,39-40H,(H,41,42,43)(H,44,45,46)(H,47,48,49)(H,50,51,52)(H,53,54,55)/b2-1+,36-35?,38-37?. The molecule has 0 amide bonds. The Bertz CT molecular complexity index is 3480. The fraction of sp³-hybridized carbons (Fsp3) is 0. The number of azo groups is 2. The molecule has 0 aromatic heterocycles. The Morgan fingerprint density at radius 3 is 1.27 bits per heavy atom. The summed E-state index contributed by atoms with van der Waals surface area (Å²) < 4.78 is 168. The van der Waals surface area contributed by atoms with Gasteiger partial charge in [-0.3, -0.25) is 22.8 Å². The van der Waals surface area contributed by atoms with Gasteiger partial charge < -0.3 is 10.2 Å². The average molecular weight is 921 g/mol. The summed E-state index contributed by atoms with van der Waals surface area (Å²) in [6.45, 7) is 0. The summed E-state index contributed by atoms with van der Waals surface area (Å²) in [5.74, 6) is -1.27. The first kappa shape index (κ1) is 43.5. The van der Waals surface area contributed by atoms with Crippen molar-refractivity contribution in [3.63, 3.8) is 0 Å². The second-order valence-electron chi connectivity index (χ2n) is 12.4. The topological polar surface area (TPSA) is 362 Å². The molecule has 6 aromatic rings. The maximum absolute atomic E-state index is 12.4. The lowest BCUT2D eigenvalue weighted by atomic mass is 10.1. The number of hydrogen-bond donors (Lipinski definition) is 7. The minimum absolute atomic E-state index is 0.0971. The molecule has 0 aliphatic carbocycles. The largest absolute Gasteiger partial charge is 0.507 e. The lowest BCUT2D eigenvalue weighted by molar-refractivity contribution is 0.470. The van der Waals surface area contributed by atoms with E-state index in [1.807, 2.05) is 0 Å². The van der Waals surface area contributed by atoms with Gasteiger partial charge in [0.15, 0.2) is 0 Å². The first-order valence-electron chi connectivity index (χ1n) is 15.9. The molecule has 7 N–H and O–H groups in total. The molecular weight excluding hydrogens is 897 g/mol. The highest BCUT2D eigenvalue weighted by atomic mass is 32.2. The molecule has 0 heterocycles. The Labute approximate surface area is 339 Å². The second kappa shape index (κ2) is 15.5. The van der Waals surface area contributed by atoms with Gasteiger partial charge in [0.05, 0.1) is 42.8 Å².